The number of para-hydroxylation sites is 1. The molecular weight excluding hydrogens is 340 g/mol. The van der Waals surface area contributed by atoms with Gasteiger partial charge in [-0.15, -0.1) is 12.4 Å². The van der Waals surface area contributed by atoms with Gasteiger partial charge in [-0.05, 0) is 38.4 Å². The Kier molecular flexibility index (Phi) is 6.96. The average molecular weight is 365 g/mol. The van der Waals surface area contributed by atoms with Crippen molar-refractivity contribution in [1.82, 2.24) is 20.2 Å². The van der Waals surface area contributed by atoms with Gasteiger partial charge in [-0.3, -0.25) is 9.59 Å². The quantitative estimate of drug-likeness (QED) is 0.849. The van der Waals surface area contributed by atoms with Crippen LogP contribution in [0.15, 0.2) is 29.1 Å². The Bertz CT molecular complexity index is 777. The molecule has 1 aliphatic rings. The van der Waals surface area contributed by atoms with E-state index in [0.29, 0.717) is 42.0 Å². The summed E-state index contributed by atoms with van der Waals surface area (Å²) in [4.78, 5) is 33.6. The molecule has 136 valence electrons. The second-order valence-electron chi connectivity index (χ2n) is 6.35. The molecule has 25 heavy (non-hydrogen) atoms. The van der Waals surface area contributed by atoms with E-state index in [9.17, 15) is 9.59 Å². The van der Waals surface area contributed by atoms with Gasteiger partial charge in [-0.2, -0.15) is 0 Å². The van der Waals surface area contributed by atoms with E-state index >= 15 is 0 Å². The number of carbonyl (C=O) groups excluding carboxylic acids is 1. The van der Waals surface area contributed by atoms with E-state index in [1.54, 1.807) is 6.07 Å². The zero-order valence-electron chi connectivity index (χ0n) is 14.5. The summed E-state index contributed by atoms with van der Waals surface area (Å²) in [5.41, 5.74) is 0.588. The van der Waals surface area contributed by atoms with Crippen LogP contribution in [0, 0.1) is 0 Å². The van der Waals surface area contributed by atoms with Crippen molar-refractivity contribution < 1.29 is 4.79 Å². The number of amides is 1. The minimum absolute atomic E-state index is 0. The summed E-state index contributed by atoms with van der Waals surface area (Å²) in [5, 5.41) is 3.85. The van der Waals surface area contributed by atoms with Gasteiger partial charge in [0.15, 0.2) is 0 Å². The van der Waals surface area contributed by atoms with Crippen LogP contribution in [0.4, 0.5) is 0 Å². The van der Waals surface area contributed by atoms with Gasteiger partial charge >= 0.3 is 0 Å². The van der Waals surface area contributed by atoms with Crippen molar-refractivity contribution in [3.8, 4) is 0 Å². The molecule has 1 fully saturated rings. The van der Waals surface area contributed by atoms with Crippen LogP contribution >= 0.6 is 12.4 Å². The Morgan fingerprint density at radius 2 is 2.20 bits per heavy atom. The van der Waals surface area contributed by atoms with Crippen molar-refractivity contribution in [1.29, 1.82) is 0 Å². The molecule has 0 bridgehead atoms. The van der Waals surface area contributed by atoms with Gasteiger partial charge < -0.3 is 15.2 Å². The predicted molar refractivity (Wildman–Crippen MR) is 101 cm³/mol. The third kappa shape index (κ3) is 4.80. The average Bonchev–Trinajstić information content (AvgIpc) is 2.62. The summed E-state index contributed by atoms with van der Waals surface area (Å²) in [6.07, 6.45) is 3.97. The second kappa shape index (κ2) is 8.97. The number of likely N-dealkylation sites (N-methyl/N-ethyl adjacent to an activating group) is 1. The van der Waals surface area contributed by atoms with Gasteiger partial charge in [-0.25, -0.2) is 4.98 Å². The summed E-state index contributed by atoms with van der Waals surface area (Å²) < 4.78 is 0. The first kappa shape index (κ1) is 19.4. The summed E-state index contributed by atoms with van der Waals surface area (Å²) in [6, 6.07) is 7.71. The first-order valence-electron chi connectivity index (χ1n) is 8.60. The maximum atomic E-state index is 12.3. The van der Waals surface area contributed by atoms with Gasteiger partial charge in [0.2, 0.25) is 5.91 Å². The lowest BCUT2D eigenvalue weighted by Gasteiger charge is -2.32. The third-order valence-corrected chi connectivity index (χ3v) is 4.65. The largest absolute Gasteiger partial charge is 0.341 e. The number of halogens is 1. The highest BCUT2D eigenvalue weighted by atomic mass is 35.5. The SMILES string of the molecule is CNC1CCCN(C(=O)CCCc2nc3ccccc3c(=O)[nH]2)C1.Cl. The minimum Gasteiger partial charge on any atom is -0.341 e. The molecule has 7 heteroatoms. The van der Waals surface area contributed by atoms with E-state index in [1.807, 2.05) is 30.1 Å². The van der Waals surface area contributed by atoms with Gasteiger partial charge in [-0.1, -0.05) is 12.1 Å². The summed E-state index contributed by atoms with van der Waals surface area (Å²) in [6.45, 7) is 1.64. The Morgan fingerprint density at radius 3 is 3.00 bits per heavy atom. The molecule has 1 unspecified atom stereocenters. The van der Waals surface area contributed by atoms with E-state index in [0.717, 1.165) is 25.9 Å². The number of nitrogens with one attached hydrogen (secondary N) is 2. The van der Waals surface area contributed by atoms with Crippen LogP contribution in [0.3, 0.4) is 0 Å². The number of aryl methyl sites for hydroxylation is 1. The number of aromatic nitrogens is 2. The number of fused-ring (bicyclic) bond motifs is 1. The van der Waals surface area contributed by atoms with Gasteiger partial charge in [0.05, 0.1) is 10.9 Å². The zero-order chi connectivity index (χ0) is 16.9. The monoisotopic (exact) mass is 364 g/mol. The molecule has 1 aromatic carbocycles. The van der Waals surface area contributed by atoms with E-state index in [-0.39, 0.29) is 23.9 Å². The molecule has 1 saturated heterocycles. The van der Waals surface area contributed by atoms with Crippen molar-refractivity contribution in [3.63, 3.8) is 0 Å². The van der Waals surface area contributed by atoms with Crippen molar-refractivity contribution >= 4 is 29.2 Å². The number of H-pyrrole nitrogens is 1. The van der Waals surface area contributed by atoms with E-state index in [1.165, 1.54) is 0 Å². The number of rotatable bonds is 5. The number of carbonyl (C=O) groups is 1. The Balaban J connectivity index is 0.00000225. The summed E-state index contributed by atoms with van der Waals surface area (Å²) >= 11 is 0. The molecule has 0 spiro atoms. The number of nitrogens with zero attached hydrogens (tertiary/aromatic N) is 2. The molecule has 1 aromatic heterocycles. The molecule has 2 heterocycles. The standard InChI is InChI=1S/C18H24N4O2.ClH/c1-19-13-6-5-11-22(12-13)17(23)10-4-9-16-20-15-8-3-2-7-14(15)18(24)21-16;/h2-3,7-8,13,19H,4-6,9-12H2,1H3,(H,20,21,24);1H. The highest BCUT2D eigenvalue weighted by molar-refractivity contribution is 5.85. The molecule has 1 amide bonds. The Hall–Kier alpha value is -1.92. The normalized spacial score (nSPS) is 17.3. The predicted octanol–water partition coefficient (Wildman–Crippen LogP) is 1.88. The first-order valence-corrected chi connectivity index (χ1v) is 8.60. The maximum absolute atomic E-state index is 12.3. The van der Waals surface area contributed by atoms with Gasteiger partial charge in [0, 0.05) is 32.0 Å². The van der Waals surface area contributed by atoms with Crippen molar-refractivity contribution in [2.75, 3.05) is 20.1 Å². The number of piperidine rings is 1. The molecule has 6 nitrogen and oxygen atoms in total. The van der Waals surface area contributed by atoms with Crippen LogP contribution in [0.25, 0.3) is 10.9 Å². The van der Waals surface area contributed by atoms with E-state index in [2.05, 4.69) is 15.3 Å². The molecule has 1 atom stereocenters. The Morgan fingerprint density at radius 1 is 1.40 bits per heavy atom. The van der Waals surface area contributed by atoms with E-state index in [4.69, 9.17) is 0 Å². The van der Waals surface area contributed by atoms with E-state index < -0.39 is 0 Å². The highest BCUT2D eigenvalue weighted by Gasteiger charge is 2.22. The lowest BCUT2D eigenvalue weighted by molar-refractivity contribution is -0.132. The molecular formula is C18H25ClN4O2. The fourth-order valence-corrected chi connectivity index (χ4v) is 3.26. The second-order valence-corrected chi connectivity index (χ2v) is 6.35. The lowest BCUT2D eigenvalue weighted by Crippen LogP contribution is -2.46. The first-order chi connectivity index (χ1) is 11.7. The fraction of sp³-hybridized carbons (Fsp3) is 0.500. The molecule has 3 rings (SSSR count). The van der Waals surface area contributed by atoms with Crippen molar-refractivity contribution in [2.24, 2.45) is 0 Å². The maximum Gasteiger partial charge on any atom is 0.258 e. The third-order valence-electron chi connectivity index (χ3n) is 4.65. The molecule has 2 aromatic rings. The number of benzene rings is 1. The molecule has 2 N–H and O–H groups in total. The number of hydrogen-bond acceptors (Lipinski definition) is 4. The summed E-state index contributed by atoms with van der Waals surface area (Å²) in [7, 11) is 1.94. The van der Waals surface area contributed by atoms with Crippen molar-refractivity contribution in [2.45, 2.75) is 38.1 Å². The topological polar surface area (TPSA) is 78.1 Å². The lowest BCUT2D eigenvalue weighted by atomic mass is 10.1. The zero-order valence-corrected chi connectivity index (χ0v) is 15.3. The fourth-order valence-electron chi connectivity index (χ4n) is 3.26. The number of aromatic amines is 1. The van der Waals surface area contributed by atoms with Gasteiger partial charge in [0.1, 0.15) is 5.82 Å². The Labute approximate surface area is 153 Å². The molecule has 0 aliphatic carbocycles. The minimum atomic E-state index is -0.116. The molecule has 0 radical (unpaired) electrons. The number of hydrogen-bond donors (Lipinski definition) is 2. The number of likely N-dealkylation sites (tertiary alicyclic amines) is 1. The molecule has 0 saturated carbocycles. The van der Waals surface area contributed by atoms with Gasteiger partial charge in [0.25, 0.3) is 5.56 Å². The van der Waals surface area contributed by atoms with Crippen LogP contribution in [0.2, 0.25) is 0 Å². The van der Waals surface area contributed by atoms with Crippen LogP contribution in [0.1, 0.15) is 31.5 Å². The smallest absolute Gasteiger partial charge is 0.258 e. The summed E-state index contributed by atoms with van der Waals surface area (Å²) in [5.74, 6) is 0.844. The van der Waals surface area contributed by atoms with Crippen LogP contribution in [-0.2, 0) is 11.2 Å². The van der Waals surface area contributed by atoms with Crippen molar-refractivity contribution in [3.05, 3.63) is 40.4 Å². The van der Waals surface area contributed by atoms with Crippen LogP contribution in [-0.4, -0.2) is 47.0 Å². The van der Waals surface area contributed by atoms with Crippen LogP contribution in [0.5, 0.6) is 0 Å². The highest BCUT2D eigenvalue weighted by Crippen LogP contribution is 2.13. The van der Waals surface area contributed by atoms with Crippen LogP contribution < -0.4 is 10.9 Å². The molecule has 1 aliphatic heterocycles.